The molecule has 3 amide bonds. The van der Waals surface area contributed by atoms with Crippen LogP contribution in [0.1, 0.15) is 18.4 Å². The summed E-state index contributed by atoms with van der Waals surface area (Å²) < 4.78 is 41.3. The first-order chi connectivity index (χ1) is 16.5. The van der Waals surface area contributed by atoms with Crippen LogP contribution in [0.3, 0.4) is 0 Å². The molecule has 0 aromatic heterocycles. The second-order valence-corrected chi connectivity index (χ2v) is 8.50. The van der Waals surface area contributed by atoms with E-state index in [0.29, 0.717) is 29.8 Å². The van der Waals surface area contributed by atoms with E-state index < -0.39 is 29.9 Å². The molecule has 3 N–H and O–H groups in total. The third-order valence-electron chi connectivity index (χ3n) is 5.98. The van der Waals surface area contributed by atoms with Crippen molar-refractivity contribution in [3.63, 3.8) is 0 Å². The number of nitrogens with zero attached hydrogens (tertiary/aromatic N) is 2. The molecule has 0 spiro atoms. The normalized spacial score (nSPS) is 18.9. The van der Waals surface area contributed by atoms with E-state index in [1.807, 2.05) is 4.90 Å². The summed E-state index contributed by atoms with van der Waals surface area (Å²) in [6.07, 6.45) is -5.46. The van der Waals surface area contributed by atoms with Gasteiger partial charge in [-0.2, -0.15) is 0 Å². The van der Waals surface area contributed by atoms with Crippen LogP contribution in [0.5, 0.6) is 5.75 Å². The molecular formula is C23H23F3N4O5. The van der Waals surface area contributed by atoms with Gasteiger partial charge in [-0.25, -0.2) is 4.79 Å². The molecule has 1 fully saturated rings. The molecule has 1 aliphatic heterocycles. The molecule has 9 nitrogen and oxygen atoms in total. The zero-order chi connectivity index (χ0) is 25.4. The zero-order valence-corrected chi connectivity index (χ0v) is 18.6. The van der Waals surface area contributed by atoms with Crippen LogP contribution >= 0.6 is 0 Å². The van der Waals surface area contributed by atoms with Crippen LogP contribution in [0.25, 0.3) is 0 Å². The minimum atomic E-state index is -4.80. The van der Waals surface area contributed by atoms with E-state index in [1.54, 1.807) is 31.3 Å². The molecule has 1 aliphatic carbocycles. The molecule has 0 radical (unpaired) electrons. The van der Waals surface area contributed by atoms with E-state index in [1.165, 1.54) is 29.2 Å². The number of nitrogens with one attached hydrogen (secondary N) is 2. The van der Waals surface area contributed by atoms with Gasteiger partial charge in [0, 0.05) is 20.1 Å². The number of fused-ring (bicyclic) bond motifs is 1. The number of ether oxygens (including phenoxy) is 1. The van der Waals surface area contributed by atoms with E-state index in [-0.39, 0.29) is 24.7 Å². The summed E-state index contributed by atoms with van der Waals surface area (Å²) in [4.78, 5) is 40.4. The Morgan fingerprint density at radius 2 is 1.74 bits per heavy atom. The van der Waals surface area contributed by atoms with E-state index in [4.69, 9.17) is 5.11 Å². The van der Waals surface area contributed by atoms with Crippen molar-refractivity contribution in [1.82, 2.24) is 10.6 Å². The number of carbonyl (C=O) groups excluding carboxylic acids is 2. The smallest absolute Gasteiger partial charge is 0.465 e. The molecule has 1 heterocycles. The zero-order valence-electron chi connectivity index (χ0n) is 18.6. The Bertz CT molecular complexity index is 1130. The summed E-state index contributed by atoms with van der Waals surface area (Å²) in [7, 11) is 1.58. The number of amides is 3. The minimum Gasteiger partial charge on any atom is -0.465 e. The van der Waals surface area contributed by atoms with Crippen molar-refractivity contribution in [1.29, 1.82) is 0 Å². The number of alkyl halides is 3. The summed E-state index contributed by atoms with van der Waals surface area (Å²) in [6.45, 7) is 0.297. The highest BCUT2D eigenvalue weighted by Crippen LogP contribution is 2.37. The number of anilines is 2. The quantitative estimate of drug-likeness (QED) is 0.572. The number of carboxylic acid groups (broad SMARTS) is 1. The Kier molecular flexibility index (Phi) is 6.22. The summed E-state index contributed by atoms with van der Waals surface area (Å²) >= 11 is 0. The first kappa shape index (κ1) is 24.2. The third-order valence-corrected chi connectivity index (χ3v) is 5.98. The minimum absolute atomic E-state index is 0.0654. The lowest BCUT2D eigenvalue weighted by Gasteiger charge is -2.28. The van der Waals surface area contributed by atoms with E-state index in [9.17, 15) is 27.6 Å². The predicted octanol–water partition coefficient (Wildman–Crippen LogP) is 2.85. The Balaban J connectivity index is 1.58. The van der Waals surface area contributed by atoms with Crippen LogP contribution in [0.4, 0.5) is 29.3 Å². The van der Waals surface area contributed by atoms with Gasteiger partial charge in [0.25, 0.3) is 5.91 Å². The average molecular weight is 492 g/mol. The number of halogens is 3. The third kappa shape index (κ3) is 5.42. The van der Waals surface area contributed by atoms with E-state index in [2.05, 4.69) is 15.4 Å². The molecule has 4 rings (SSSR count). The number of para-hydroxylation sites is 2. The second-order valence-electron chi connectivity index (χ2n) is 8.50. The summed E-state index contributed by atoms with van der Waals surface area (Å²) in [5.41, 5.74) is 0.697. The molecule has 186 valence electrons. The highest BCUT2D eigenvalue weighted by atomic mass is 19.4. The highest BCUT2D eigenvalue weighted by Gasteiger charge is 2.52. The fourth-order valence-electron chi connectivity index (χ4n) is 4.07. The Hall–Kier alpha value is -3.96. The fourth-order valence-corrected chi connectivity index (χ4v) is 4.07. The van der Waals surface area contributed by atoms with E-state index >= 15 is 0 Å². The molecule has 2 aliphatic rings. The number of hydrogen-bond donors (Lipinski definition) is 3. The van der Waals surface area contributed by atoms with Crippen LogP contribution in [-0.2, 0) is 16.1 Å². The van der Waals surface area contributed by atoms with Crippen molar-refractivity contribution >= 4 is 29.3 Å². The van der Waals surface area contributed by atoms with Crippen LogP contribution in [0.15, 0.2) is 48.5 Å². The Morgan fingerprint density at radius 3 is 2.31 bits per heavy atom. The van der Waals surface area contributed by atoms with Crippen LogP contribution < -0.4 is 25.2 Å². The first-order valence-corrected chi connectivity index (χ1v) is 10.8. The van der Waals surface area contributed by atoms with Crippen molar-refractivity contribution in [2.24, 2.45) is 0 Å². The van der Waals surface area contributed by atoms with Crippen LogP contribution in [0.2, 0.25) is 0 Å². The standard InChI is InChI=1S/C23H23F3N4O5/c1-29-17-4-2-3-5-18(17)30(12-14-6-8-15(9-7-14)35-23(24,25)26)13-16(19(29)31)27-20(32)22(10-11-22)28-21(33)34/h2-9,16,28H,10-13H2,1H3,(H,27,32)(H,33,34)/t16-/m1/s1. The van der Waals surface area contributed by atoms with Gasteiger partial charge in [0.2, 0.25) is 5.91 Å². The molecule has 1 atom stereocenters. The maximum absolute atomic E-state index is 13.2. The van der Waals surface area contributed by atoms with Crippen molar-refractivity contribution in [2.75, 3.05) is 23.4 Å². The number of carbonyl (C=O) groups is 3. The van der Waals surface area contributed by atoms with Gasteiger partial charge in [0.1, 0.15) is 17.3 Å². The molecular weight excluding hydrogens is 469 g/mol. The summed E-state index contributed by atoms with van der Waals surface area (Å²) in [6, 6.07) is 11.5. The lowest BCUT2D eigenvalue weighted by molar-refractivity contribution is -0.274. The number of rotatable bonds is 6. The van der Waals surface area contributed by atoms with E-state index in [0.717, 1.165) is 0 Å². The molecule has 2 aromatic carbocycles. The van der Waals surface area contributed by atoms with Crippen LogP contribution in [0, 0.1) is 0 Å². The van der Waals surface area contributed by atoms with Crippen molar-refractivity contribution in [3.05, 3.63) is 54.1 Å². The lowest BCUT2D eigenvalue weighted by Crippen LogP contribution is -2.57. The Labute approximate surface area is 198 Å². The average Bonchev–Trinajstić information content (AvgIpc) is 3.57. The SMILES string of the molecule is CN1C(=O)[C@H](NC(=O)C2(NC(=O)O)CC2)CN(Cc2ccc(OC(F)(F)F)cc2)c2ccccc21. The van der Waals surface area contributed by atoms with Crippen molar-refractivity contribution in [2.45, 2.75) is 37.3 Å². The predicted molar refractivity (Wildman–Crippen MR) is 119 cm³/mol. The molecule has 12 heteroatoms. The van der Waals surface area contributed by atoms with Gasteiger partial charge in [0.05, 0.1) is 11.4 Å². The molecule has 0 bridgehead atoms. The maximum Gasteiger partial charge on any atom is 0.573 e. The first-order valence-electron chi connectivity index (χ1n) is 10.8. The highest BCUT2D eigenvalue weighted by molar-refractivity contribution is 6.04. The largest absolute Gasteiger partial charge is 0.573 e. The molecule has 1 saturated carbocycles. The van der Waals surface area contributed by atoms with Gasteiger partial charge >= 0.3 is 12.5 Å². The number of hydrogen-bond acceptors (Lipinski definition) is 5. The van der Waals surface area contributed by atoms with Gasteiger partial charge in [-0.3, -0.25) is 9.59 Å². The molecule has 35 heavy (non-hydrogen) atoms. The molecule has 0 saturated heterocycles. The van der Waals surface area contributed by atoms with Gasteiger partial charge in [-0.15, -0.1) is 13.2 Å². The van der Waals surface area contributed by atoms with Gasteiger partial charge in [-0.05, 0) is 42.7 Å². The molecule has 2 aromatic rings. The van der Waals surface area contributed by atoms with Gasteiger partial charge in [0.15, 0.2) is 0 Å². The number of benzene rings is 2. The van der Waals surface area contributed by atoms with Crippen molar-refractivity contribution in [3.8, 4) is 5.75 Å². The van der Waals surface area contributed by atoms with Crippen LogP contribution in [-0.4, -0.2) is 54.5 Å². The van der Waals surface area contributed by atoms with Gasteiger partial charge in [-0.1, -0.05) is 24.3 Å². The second kappa shape index (κ2) is 9.01. The summed E-state index contributed by atoms with van der Waals surface area (Å²) in [5, 5.41) is 14.0. The monoisotopic (exact) mass is 492 g/mol. The fraction of sp³-hybridized carbons (Fsp3) is 0.348. The topological polar surface area (TPSA) is 111 Å². The van der Waals surface area contributed by atoms with Gasteiger partial charge < -0.3 is 30.3 Å². The lowest BCUT2D eigenvalue weighted by atomic mass is 10.1. The summed E-state index contributed by atoms with van der Waals surface area (Å²) in [5.74, 6) is -1.31. The number of likely N-dealkylation sites (N-methyl/N-ethyl adjacent to an activating group) is 1. The Morgan fingerprint density at radius 1 is 1.11 bits per heavy atom. The van der Waals surface area contributed by atoms with Crippen molar-refractivity contribution < 1.29 is 37.4 Å². The maximum atomic E-state index is 13.2. The molecule has 0 unspecified atom stereocenters.